The predicted octanol–water partition coefficient (Wildman–Crippen LogP) is 3.57. The first-order chi connectivity index (χ1) is 9.47. The van der Waals surface area contributed by atoms with Crippen molar-refractivity contribution >= 4 is 0 Å². The summed E-state index contributed by atoms with van der Waals surface area (Å²) in [6, 6.07) is 0.735. The molecular weight excluding hydrogens is 265 g/mol. The molecule has 0 bridgehead atoms. The van der Waals surface area contributed by atoms with E-state index in [0.29, 0.717) is 18.9 Å². The van der Waals surface area contributed by atoms with Gasteiger partial charge < -0.3 is 10.2 Å². The second-order valence-electron chi connectivity index (χ2n) is 6.48. The fourth-order valence-corrected chi connectivity index (χ4v) is 3.65. The highest BCUT2D eigenvalue weighted by Gasteiger charge is 2.41. The second-order valence-corrected chi connectivity index (χ2v) is 6.48. The lowest BCUT2D eigenvalue weighted by molar-refractivity contribution is -0.183. The van der Waals surface area contributed by atoms with Crippen molar-refractivity contribution in [2.45, 2.75) is 69.6 Å². The van der Waals surface area contributed by atoms with Crippen LogP contribution >= 0.6 is 0 Å². The third-order valence-electron chi connectivity index (χ3n) is 4.98. The average molecular weight is 292 g/mol. The molecule has 0 aromatic rings. The van der Waals surface area contributed by atoms with Gasteiger partial charge in [-0.3, -0.25) is 0 Å². The fraction of sp³-hybridized carbons (Fsp3) is 1.00. The maximum atomic E-state index is 12.7. The summed E-state index contributed by atoms with van der Waals surface area (Å²) in [5.74, 6) is -1.10. The van der Waals surface area contributed by atoms with Crippen LogP contribution in [0.4, 0.5) is 13.2 Å². The molecule has 20 heavy (non-hydrogen) atoms. The molecule has 118 valence electrons. The summed E-state index contributed by atoms with van der Waals surface area (Å²) in [5.41, 5.74) is 0. The Balaban J connectivity index is 1.66. The summed E-state index contributed by atoms with van der Waals surface area (Å²) in [6.45, 7) is 1.75. The molecule has 0 saturated heterocycles. The Morgan fingerprint density at radius 3 is 2.40 bits per heavy atom. The van der Waals surface area contributed by atoms with E-state index >= 15 is 0 Å². The monoisotopic (exact) mass is 292 g/mol. The van der Waals surface area contributed by atoms with Crippen molar-refractivity contribution in [3.8, 4) is 0 Å². The molecule has 0 amide bonds. The van der Waals surface area contributed by atoms with Gasteiger partial charge in [-0.1, -0.05) is 19.3 Å². The smallest absolute Gasteiger partial charge is 0.313 e. The molecule has 0 aromatic heterocycles. The van der Waals surface area contributed by atoms with Crippen LogP contribution in [0, 0.1) is 5.92 Å². The number of hydrogen-bond donors (Lipinski definition) is 1. The maximum absolute atomic E-state index is 12.7. The first-order valence-corrected chi connectivity index (χ1v) is 7.97. The van der Waals surface area contributed by atoms with E-state index in [0.717, 1.165) is 19.5 Å². The molecule has 1 N–H and O–H groups in total. The normalized spacial score (nSPS) is 29.2. The summed E-state index contributed by atoms with van der Waals surface area (Å²) in [5, 5.41) is 3.34. The van der Waals surface area contributed by atoms with Crippen LogP contribution in [0.25, 0.3) is 0 Å². The Hall–Kier alpha value is -0.290. The molecule has 2 rings (SSSR count). The molecule has 5 heteroatoms. The molecule has 0 aromatic carbocycles. The van der Waals surface area contributed by atoms with Crippen LogP contribution in [-0.2, 0) is 0 Å². The highest BCUT2D eigenvalue weighted by molar-refractivity contribution is 4.82. The zero-order valence-corrected chi connectivity index (χ0v) is 12.4. The number of hydrogen-bond acceptors (Lipinski definition) is 2. The molecular formula is C15H27F3N2. The minimum atomic E-state index is -4.01. The van der Waals surface area contributed by atoms with Crippen LogP contribution in [0.2, 0.25) is 0 Å². The van der Waals surface area contributed by atoms with E-state index in [4.69, 9.17) is 0 Å². The van der Waals surface area contributed by atoms with Crippen molar-refractivity contribution in [3.63, 3.8) is 0 Å². The van der Waals surface area contributed by atoms with Crippen molar-refractivity contribution in [1.29, 1.82) is 0 Å². The van der Waals surface area contributed by atoms with Gasteiger partial charge in [0.05, 0.1) is 5.92 Å². The Morgan fingerprint density at radius 1 is 1.05 bits per heavy atom. The minimum Gasteiger partial charge on any atom is -0.313 e. The number of nitrogens with one attached hydrogen (secondary N) is 1. The van der Waals surface area contributed by atoms with Gasteiger partial charge in [0.2, 0.25) is 0 Å². The molecule has 2 atom stereocenters. The minimum absolute atomic E-state index is 0.0485. The summed E-state index contributed by atoms with van der Waals surface area (Å²) < 4.78 is 38.2. The topological polar surface area (TPSA) is 15.3 Å². The molecule has 2 unspecified atom stereocenters. The second kappa shape index (κ2) is 7.12. The molecule has 2 aliphatic carbocycles. The molecule has 0 heterocycles. The molecule has 2 nitrogen and oxygen atoms in total. The highest BCUT2D eigenvalue weighted by atomic mass is 19.4. The number of nitrogens with zero attached hydrogens (tertiary/aromatic N) is 1. The lowest BCUT2D eigenvalue weighted by atomic mass is 9.85. The van der Waals surface area contributed by atoms with Crippen molar-refractivity contribution in [2.24, 2.45) is 5.92 Å². The summed E-state index contributed by atoms with van der Waals surface area (Å²) >= 11 is 0. The van der Waals surface area contributed by atoms with Gasteiger partial charge in [0.1, 0.15) is 0 Å². The van der Waals surface area contributed by atoms with Crippen molar-refractivity contribution < 1.29 is 13.2 Å². The lowest BCUT2D eigenvalue weighted by Gasteiger charge is -2.32. The summed E-state index contributed by atoms with van der Waals surface area (Å²) in [6.07, 6.45) is 3.32. The van der Waals surface area contributed by atoms with Gasteiger partial charge in [-0.05, 0) is 39.2 Å². The van der Waals surface area contributed by atoms with Crippen LogP contribution in [0.1, 0.15) is 51.4 Å². The number of rotatable bonds is 5. The van der Waals surface area contributed by atoms with Crippen LogP contribution in [0.5, 0.6) is 0 Å². The predicted molar refractivity (Wildman–Crippen MR) is 74.7 cm³/mol. The zero-order chi connectivity index (χ0) is 14.6. The average Bonchev–Trinajstić information content (AvgIpc) is 2.92. The van der Waals surface area contributed by atoms with E-state index in [2.05, 4.69) is 17.3 Å². The fourth-order valence-electron chi connectivity index (χ4n) is 3.65. The van der Waals surface area contributed by atoms with Crippen LogP contribution < -0.4 is 5.32 Å². The standard InChI is InChI=1S/C15H27F3N2/c1-20(14-7-2-3-8-14)10-9-19-13-6-4-5-12(11-13)15(16,17)18/h12-14,19H,2-11H2,1H3. The van der Waals surface area contributed by atoms with E-state index in [1.165, 1.54) is 25.7 Å². The van der Waals surface area contributed by atoms with Gasteiger partial charge in [0.15, 0.2) is 0 Å². The maximum Gasteiger partial charge on any atom is 0.391 e. The van der Waals surface area contributed by atoms with E-state index < -0.39 is 12.1 Å². The van der Waals surface area contributed by atoms with Gasteiger partial charge in [0, 0.05) is 25.2 Å². The van der Waals surface area contributed by atoms with Gasteiger partial charge in [-0.2, -0.15) is 13.2 Å². The van der Waals surface area contributed by atoms with E-state index in [9.17, 15) is 13.2 Å². The SMILES string of the molecule is CN(CCNC1CCCC(C(F)(F)F)C1)C1CCCC1. The molecule has 2 saturated carbocycles. The quantitative estimate of drug-likeness (QED) is 0.833. The number of halogens is 3. The first-order valence-electron chi connectivity index (χ1n) is 7.97. The van der Waals surface area contributed by atoms with Crippen molar-refractivity contribution in [3.05, 3.63) is 0 Å². The zero-order valence-electron chi connectivity index (χ0n) is 12.4. The van der Waals surface area contributed by atoms with Crippen LogP contribution in [0.15, 0.2) is 0 Å². The van der Waals surface area contributed by atoms with E-state index in [1.54, 1.807) is 0 Å². The van der Waals surface area contributed by atoms with Crippen LogP contribution in [0.3, 0.4) is 0 Å². The molecule has 0 spiro atoms. The Bertz CT molecular complexity index is 287. The lowest BCUT2D eigenvalue weighted by Crippen LogP contribution is -2.42. The number of likely N-dealkylation sites (N-methyl/N-ethyl adjacent to an activating group) is 1. The summed E-state index contributed by atoms with van der Waals surface area (Å²) in [7, 11) is 2.14. The highest BCUT2D eigenvalue weighted by Crippen LogP contribution is 2.37. The third kappa shape index (κ3) is 4.62. The molecule has 0 radical (unpaired) electrons. The van der Waals surface area contributed by atoms with Gasteiger partial charge >= 0.3 is 6.18 Å². The van der Waals surface area contributed by atoms with Gasteiger partial charge in [-0.15, -0.1) is 0 Å². The molecule has 2 fully saturated rings. The van der Waals surface area contributed by atoms with Crippen molar-refractivity contribution in [2.75, 3.05) is 20.1 Å². The van der Waals surface area contributed by atoms with Gasteiger partial charge in [0.25, 0.3) is 0 Å². The van der Waals surface area contributed by atoms with Gasteiger partial charge in [-0.25, -0.2) is 0 Å². The molecule has 2 aliphatic rings. The summed E-state index contributed by atoms with van der Waals surface area (Å²) in [4.78, 5) is 2.37. The molecule has 0 aliphatic heterocycles. The Morgan fingerprint density at radius 2 is 1.75 bits per heavy atom. The van der Waals surface area contributed by atoms with Crippen LogP contribution in [-0.4, -0.2) is 43.3 Å². The number of alkyl halides is 3. The Labute approximate surface area is 120 Å². The van der Waals surface area contributed by atoms with E-state index in [1.807, 2.05) is 0 Å². The third-order valence-corrected chi connectivity index (χ3v) is 4.98. The van der Waals surface area contributed by atoms with E-state index in [-0.39, 0.29) is 12.5 Å². The Kier molecular flexibility index (Phi) is 5.73. The first kappa shape index (κ1) is 16.1. The largest absolute Gasteiger partial charge is 0.391 e. The van der Waals surface area contributed by atoms with Crippen molar-refractivity contribution in [1.82, 2.24) is 10.2 Å².